The van der Waals surface area contributed by atoms with Crippen LogP contribution in [0.4, 0.5) is 4.79 Å². The van der Waals surface area contributed by atoms with Crippen molar-refractivity contribution < 1.29 is 14.7 Å². The fourth-order valence-corrected chi connectivity index (χ4v) is 2.60. The molecule has 20 heavy (non-hydrogen) atoms. The lowest BCUT2D eigenvalue weighted by molar-refractivity contribution is -0.143. The van der Waals surface area contributed by atoms with Gasteiger partial charge in [0.15, 0.2) is 0 Å². The molecule has 1 fully saturated rings. The van der Waals surface area contributed by atoms with E-state index in [1.54, 1.807) is 6.92 Å². The van der Waals surface area contributed by atoms with Crippen LogP contribution in [0.5, 0.6) is 0 Å². The lowest BCUT2D eigenvalue weighted by atomic mass is 10.1. The van der Waals surface area contributed by atoms with Gasteiger partial charge in [0, 0.05) is 39.3 Å². The number of carboxylic acid groups (broad SMARTS) is 1. The number of hydrogen-bond donors (Lipinski definition) is 1. The molecular weight excluding hydrogens is 258 g/mol. The summed E-state index contributed by atoms with van der Waals surface area (Å²) < 4.78 is 0. The number of rotatable bonds is 2. The van der Waals surface area contributed by atoms with Crippen LogP contribution in [-0.2, 0) is 4.79 Å². The topological polar surface area (TPSA) is 64.1 Å². The van der Waals surface area contributed by atoms with Gasteiger partial charge in [0.25, 0.3) is 0 Å². The fraction of sp³-hybridized carbons (Fsp3) is 0.714. The molecule has 0 aromatic carbocycles. The van der Waals surface area contributed by atoms with Gasteiger partial charge in [-0.25, -0.2) is 4.79 Å². The van der Waals surface area contributed by atoms with Crippen molar-refractivity contribution in [2.24, 2.45) is 0 Å². The van der Waals surface area contributed by atoms with E-state index in [0.717, 1.165) is 13.0 Å². The van der Waals surface area contributed by atoms with Gasteiger partial charge in [0.05, 0.1) is 0 Å². The number of hydrogen-bond acceptors (Lipinski definition) is 3. The summed E-state index contributed by atoms with van der Waals surface area (Å²) in [6.07, 6.45) is 3.05. The third-order valence-corrected chi connectivity index (χ3v) is 4.20. The average molecular weight is 281 g/mol. The summed E-state index contributed by atoms with van der Waals surface area (Å²) >= 11 is 0. The SMILES string of the molecule is CC1=CCN(C(=O)N2CCN(C(C)C(=O)O)CC2)CC1. The van der Waals surface area contributed by atoms with Gasteiger partial charge >= 0.3 is 12.0 Å². The predicted molar refractivity (Wildman–Crippen MR) is 75.6 cm³/mol. The molecule has 2 heterocycles. The minimum Gasteiger partial charge on any atom is -0.480 e. The van der Waals surface area contributed by atoms with Crippen LogP contribution in [-0.4, -0.2) is 77.1 Å². The minimum atomic E-state index is -0.804. The van der Waals surface area contributed by atoms with Crippen LogP contribution in [0.3, 0.4) is 0 Å². The van der Waals surface area contributed by atoms with Crippen molar-refractivity contribution in [2.75, 3.05) is 39.3 Å². The van der Waals surface area contributed by atoms with Crippen molar-refractivity contribution in [1.29, 1.82) is 0 Å². The van der Waals surface area contributed by atoms with Gasteiger partial charge in [-0.05, 0) is 20.3 Å². The number of urea groups is 1. The molecule has 0 aromatic rings. The monoisotopic (exact) mass is 281 g/mol. The largest absolute Gasteiger partial charge is 0.480 e. The standard InChI is InChI=1S/C14H23N3O3/c1-11-3-5-16(6-4-11)14(20)17-9-7-15(8-10-17)12(2)13(18)19/h3,12H,4-10H2,1-2H3,(H,18,19). The molecule has 0 bridgehead atoms. The summed E-state index contributed by atoms with van der Waals surface area (Å²) in [6.45, 7) is 7.73. The second-order valence-corrected chi connectivity index (χ2v) is 5.57. The molecule has 6 heteroatoms. The van der Waals surface area contributed by atoms with E-state index < -0.39 is 12.0 Å². The van der Waals surface area contributed by atoms with Gasteiger partial charge < -0.3 is 14.9 Å². The molecule has 2 aliphatic heterocycles. The number of carbonyl (C=O) groups is 2. The Morgan fingerprint density at radius 1 is 1.15 bits per heavy atom. The Morgan fingerprint density at radius 3 is 2.30 bits per heavy atom. The summed E-state index contributed by atoms with van der Waals surface area (Å²) in [7, 11) is 0. The molecule has 0 radical (unpaired) electrons. The molecule has 0 saturated carbocycles. The van der Waals surface area contributed by atoms with Gasteiger partial charge in [0.1, 0.15) is 6.04 Å². The predicted octanol–water partition coefficient (Wildman–Crippen LogP) is 0.849. The van der Waals surface area contributed by atoms with E-state index in [1.165, 1.54) is 5.57 Å². The van der Waals surface area contributed by atoms with Crippen molar-refractivity contribution in [3.05, 3.63) is 11.6 Å². The Bertz CT molecular complexity index is 414. The normalized spacial score (nSPS) is 22.4. The molecule has 112 valence electrons. The first kappa shape index (κ1) is 14.8. The third kappa shape index (κ3) is 3.30. The maximum Gasteiger partial charge on any atom is 0.320 e. The van der Waals surface area contributed by atoms with E-state index >= 15 is 0 Å². The first-order valence-corrected chi connectivity index (χ1v) is 7.15. The van der Waals surface area contributed by atoms with E-state index in [0.29, 0.717) is 32.7 Å². The Hall–Kier alpha value is -1.56. The highest BCUT2D eigenvalue weighted by Crippen LogP contribution is 2.14. The van der Waals surface area contributed by atoms with E-state index in [2.05, 4.69) is 13.0 Å². The summed E-state index contributed by atoms with van der Waals surface area (Å²) in [6, 6.07) is -0.399. The molecule has 1 atom stereocenters. The van der Waals surface area contributed by atoms with Crippen molar-refractivity contribution in [1.82, 2.24) is 14.7 Å². The van der Waals surface area contributed by atoms with Gasteiger partial charge in [-0.15, -0.1) is 0 Å². The molecule has 2 amide bonds. The first-order valence-electron chi connectivity index (χ1n) is 7.15. The Balaban J connectivity index is 1.84. The Morgan fingerprint density at radius 2 is 1.80 bits per heavy atom. The molecule has 6 nitrogen and oxygen atoms in total. The number of aliphatic carboxylic acids is 1. The summed E-state index contributed by atoms with van der Waals surface area (Å²) in [5, 5.41) is 9.00. The second-order valence-electron chi connectivity index (χ2n) is 5.57. The van der Waals surface area contributed by atoms with Gasteiger partial charge in [0.2, 0.25) is 0 Å². The highest BCUT2D eigenvalue weighted by molar-refractivity contribution is 5.75. The van der Waals surface area contributed by atoms with Gasteiger partial charge in [-0.3, -0.25) is 9.69 Å². The highest BCUT2D eigenvalue weighted by atomic mass is 16.4. The second kappa shape index (κ2) is 6.26. The number of carbonyl (C=O) groups excluding carboxylic acids is 1. The van der Waals surface area contributed by atoms with E-state index in [1.807, 2.05) is 14.7 Å². The van der Waals surface area contributed by atoms with Gasteiger partial charge in [-0.2, -0.15) is 0 Å². The zero-order valence-electron chi connectivity index (χ0n) is 12.2. The quantitative estimate of drug-likeness (QED) is 0.762. The molecule has 2 aliphatic rings. The Kier molecular flexibility index (Phi) is 4.65. The van der Waals surface area contributed by atoms with Crippen LogP contribution in [0.2, 0.25) is 0 Å². The number of piperazine rings is 1. The van der Waals surface area contributed by atoms with Crippen LogP contribution in [0.15, 0.2) is 11.6 Å². The minimum absolute atomic E-state index is 0.0800. The van der Waals surface area contributed by atoms with Crippen LogP contribution in [0.25, 0.3) is 0 Å². The molecule has 1 unspecified atom stereocenters. The molecular formula is C14H23N3O3. The van der Waals surface area contributed by atoms with E-state index in [4.69, 9.17) is 5.11 Å². The maximum absolute atomic E-state index is 12.4. The molecule has 1 saturated heterocycles. The van der Waals surface area contributed by atoms with E-state index in [9.17, 15) is 9.59 Å². The molecule has 0 aromatic heterocycles. The van der Waals surface area contributed by atoms with Crippen molar-refractivity contribution in [3.8, 4) is 0 Å². The molecule has 0 aliphatic carbocycles. The van der Waals surface area contributed by atoms with Crippen LogP contribution < -0.4 is 0 Å². The average Bonchev–Trinajstić information content (AvgIpc) is 2.46. The first-order chi connectivity index (χ1) is 9.49. The molecule has 1 N–H and O–H groups in total. The zero-order chi connectivity index (χ0) is 14.7. The fourth-order valence-electron chi connectivity index (χ4n) is 2.60. The third-order valence-electron chi connectivity index (χ3n) is 4.20. The smallest absolute Gasteiger partial charge is 0.320 e. The molecule has 0 spiro atoms. The lowest BCUT2D eigenvalue weighted by Gasteiger charge is -2.39. The van der Waals surface area contributed by atoms with Crippen molar-refractivity contribution in [2.45, 2.75) is 26.3 Å². The number of amides is 2. The van der Waals surface area contributed by atoms with Crippen LogP contribution in [0.1, 0.15) is 20.3 Å². The number of carboxylic acids is 1. The summed E-state index contributed by atoms with van der Waals surface area (Å²) in [5.74, 6) is -0.804. The highest BCUT2D eigenvalue weighted by Gasteiger charge is 2.29. The summed E-state index contributed by atoms with van der Waals surface area (Å²) in [4.78, 5) is 28.9. The molecule has 2 rings (SSSR count). The maximum atomic E-state index is 12.4. The lowest BCUT2D eigenvalue weighted by Crippen LogP contribution is -2.56. The van der Waals surface area contributed by atoms with Crippen molar-refractivity contribution >= 4 is 12.0 Å². The van der Waals surface area contributed by atoms with Crippen molar-refractivity contribution in [3.63, 3.8) is 0 Å². The summed E-state index contributed by atoms with van der Waals surface area (Å²) in [5.41, 5.74) is 1.34. The van der Waals surface area contributed by atoms with Gasteiger partial charge in [-0.1, -0.05) is 11.6 Å². The van der Waals surface area contributed by atoms with Crippen LogP contribution >= 0.6 is 0 Å². The number of nitrogens with zero attached hydrogens (tertiary/aromatic N) is 3. The van der Waals surface area contributed by atoms with Crippen LogP contribution in [0, 0.1) is 0 Å². The Labute approximate surface area is 119 Å². The van der Waals surface area contributed by atoms with E-state index in [-0.39, 0.29) is 6.03 Å². The zero-order valence-corrected chi connectivity index (χ0v) is 12.2.